The zero-order valence-corrected chi connectivity index (χ0v) is 11.2. The number of aryl methyl sites for hydroxylation is 1. The Balaban J connectivity index is 1.79. The van der Waals surface area contributed by atoms with Crippen LogP contribution in [-0.4, -0.2) is 36.5 Å². The Morgan fingerprint density at radius 1 is 1.42 bits per heavy atom. The molecule has 1 amide bonds. The first-order valence-corrected chi connectivity index (χ1v) is 6.94. The minimum Gasteiger partial charge on any atom is -0.337 e. The average molecular weight is 262 g/mol. The Morgan fingerprint density at radius 3 is 3.05 bits per heavy atom. The lowest BCUT2D eigenvalue weighted by Crippen LogP contribution is -2.41. The summed E-state index contributed by atoms with van der Waals surface area (Å²) < 4.78 is 14.0. The summed E-state index contributed by atoms with van der Waals surface area (Å²) in [5.41, 5.74) is 0.735. The third-order valence-electron chi connectivity index (χ3n) is 4.31. The fourth-order valence-corrected chi connectivity index (χ4v) is 3.20. The smallest absolute Gasteiger partial charge is 0.256 e. The van der Waals surface area contributed by atoms with Gasteiger partial charge in [-0.15, -0.1) is 0 Å². The second kappa shape index (κ2) is 4.93. The summed E-state index contributed by atoms with van der Waals surface area (Å²) in [5, 5.41) is 3.46. The fourth-order valence-electron chi connectivity index (χ4n) is 3.20. The molecule has 2 saturated heterocycles. The van der Waals surface area contributed by atoms with E-state index in [1.165, 1.54) is 6.42 Å². The lowest BCUT2D eigenvalue weighted by molar-refractivity contribution is 0.0781. The van der Waals surface area contributed by atoms with Gasteiger partial charge in [0.05, 0.1) is 5.56 Å². The van der Waals surface area contributed by atoms with E-state index < -0.39 is 0 Å². The number of piperidine rings is 1. The first kappa shape index (κ1) is 12.6. The number of halogens is 1. The summed E-state index contributed by atoms with van der Waals surface area (Å²) in [6, 6.07) is 5.41. The highest BCUT2D eigenvalue weighted by Gasteiger charge is 2.37. The minimum atomic E-state index is -0.379. The van der Waals surface area contributed by atoms with E-state index >= 15 is 0 Å². The highest BCUT2D eigenvalue weighted by atomic mass is 19.1. The lowest BCUT2D eigenvalue weighted by Gasteiger charge is -2.24. The molecule has 2 aliphatic rings. The van der Waals surface area contributed by atoms with Crippen molar-refractivity contribution in [2.75, 3.05) is 19.6 Å². The van der Waals surface area contributed by atoms with Crippen LogP contribution in [0.25, 0.3) is 0 Å². The number of carbonyl (C=O) groups excluding carboxylic acids is 1. The molecule has 2 aliphatic heterocycles. The first-order valence-electron chi connectivity index (χ1n) is 6.94. The predicted octanol–water partition coefficient (Wildman–Crippen LogP) is 1.96. The molecule has 102 valence electrons. The number of rotatable bonds is 1. The van der Waals surface area contributed by atoms with Crippen LogP contribution in [-0.2, 0) is 0 Å². The summed E-state index contributed by atoms with van der Waals surface area (Å²) in [5.74, 6) is -0.0155. The maximum atomic E-state index is 14.0. The van der Waals surface area contributed by atoms with Crippen LogP contribution in [0.15, 0.2) is 18.2 Å². The van der Waals surface area contributed by atoms with Gasteiger partial charge in [0.1, 0.15) is 5.82 Å². The molecule has 0 radical (unpaired) electrons. The van der Waals surface area contributed by atoms with Crippen LogP contribution in [0.3, 0.4) is 0 Å². The second-order valence-electron chi connectivity index (χ2n) is 5.61. The number of carbonyl (C=O) groups is 1. The van der Waals surface area contributed by atoms with Crippen molar-refractivity contribution in [1.29, 1.82) is 0 Å². The molecule has 0 aliphatic carbocycles. The summed E-state index contributed by atoms with van der Waals surface area (Å²) in [4.78, 5) is 14.2. The number of fused-ring (bicyclic) bond motifs is 1. The van der Waals surface area contributed by atoms with E-state index in [1.54, 1.807) is 30.0 Å². The topological polar surface area (TPSA) is 32.3 Å². The SMILES string of the molecule is Cc1cccc(C(=O)N2C[C@@H]3CCCN[C@@H]3C2)c1F. The number of hydrogen-bond donors (Lipinski definition) is 1. The molecule has 3 nitrogen and oxygen atoms in total. The number of amides is 1. The van der Waals surface area contributed by atoms with E-state index in [1.807, 2.05) is 0 Å². The fraction of sp³-hybridized carbons (Fsp3) is 0.533. The molecule has 0 aromatic heterocycles. The minimum absolute atomic E-state index is 0.169. The molecule has 3 rings (SSSR count). The molecule has 1 aromatic rings. The van der Waals surface area contributed by atoms with E-state index in [0.717, 1.165) is 19.5 Å². The van der Waals surface area contributed by atoms with Crippen molar-refractivity contribution in [3.05, 3.63) is 35.1 Å². The van der Waals surface area contributed by atoms with Crippen LogP contribution in [0.5, 0.6) is 0 Å². The van der Waals surface area contributed by atoms with E-state index in [4.69, 9.17) is 0 Å². The van der Waals surface area contributed by atoms with Gasteiger partial charge in [0.2, 0.25) is 0 Å². The van der Waals surface area contributed by atoms with Gasteiger partial charge in [-0.1, -0.05) is 12.1 Å². The lowest BCUT2D eigenvalue weighted by atomic mass is 9.94. The van der Waals surface area contributed by atoms with Crippen LogP contribution in [0.4, 0.5) is 4.39 Å². The third-order valence-corrected chi connectivity index (χ3v) is 4.31. The Bertz CT molecular complexity index is 489. The second-order valence-corrected chi connectivity index (χ2v) is 5.61. The molecule has 1 aromatic carbocycles. The maximum absolute atomic E-state index is 14.0. The van der Waals surface area contributed by atoms with Gasteiger partial charge in [0.25, 0.3) is 5.91 Å². The van der Waals surface area contributed by atoms with Gasteiger partial charge in [-0.3, -0.25) is 4.79 Å². The normalized spacial score (nSPS) is 26.3. The van der Waals surface area contributed by atoms with E-state index in [9.17, 15) is 9.18 Å². The molecule has 0 spiro atoms. The van der Waals surface area contributed by atoms with Crippen LogP contribution in [0, 0.1) is 18.7 Å². The highest BCUT2D eigenvalue weighted by molar-refractivity contribution is 5.95. The Hall–Kier alpha value is -1.42. The molecule has 2 atom stereocenters. The molecular weight excluding hydrogens is 243 g/mol. The van der Waals surface area contributed by atoms with Gasteiger partial charge in [-0.2, -0.15) is 0 Å². The number of likely N-dealkylation sites (tertiary alicyclic amines) is 1. The van der Waals surface area contributed by atoms with Gasteiger partial charge < -0.3 is 10.2 Å². The number of nitrogens with zero attached hydrogens (tertiary/aromatic N) is 1. The van der Waals surface area contributed by atoms with Crippen LogP contribution >= 0.6 is 0 Å². The quantitative estimate of drug-likeness (QED) is 0.839. The van der Waals surface area contributed by atoms with Crippen LogP contribution in [0.1, 0.15) is 28.8 Å². The van der Waals surface area contributed by atoms with Gasteiger partial charge >= 0.3 is 0 Å². The molecule has 19 heavy (non-hydrogen) atoms. The maximum Gasteiger partial charge on any atom is 0.256 e. The van der Waals surface area contributed by atoms with Crippen molar-refractivity contribution >= 4 is 5.91 Å². The van der Waals surface area contributed by atoms with Gasteiger partial charge in [-0.25, -0.2) is 4.39 Å². The zero-order chi connectivity index (χ0) is 13.4. The molecular formula is C15H19FN2O. The van der Waals surface area contributed by atoms with Crippen molar-refractivity contribution in [1.82, 2.24) is 10.2 Å². The summed E-state index contributed by atoms with van der Waals surface area (Å²) >= 11 is 0. The molecule has 4 heteroatoms. The Labute approximate surface area is 112 Å². The number of benzene rings is 1. The summed E-state index contributed by atoms with van der Waals surface area (Å²) in [6.07, 6.45) is 2.33. The molecule has 0 bridgehead atoms. The van der Waals surface area contributed by atoms with Crippen LogP contribution < -0.4 is 5.32 Å². The van der Waals surface area contributed by atoms with E-state index in [0.29, 0.717) is 24.1 Å². The van der Waals surface area contributed by atoms with Crippen molar-refractivity contribution in [3.63, 3.8) is 0 Å². The number of nitrogens with one attached hydrogen (secondary N) is 1. The van der Waals surface area contributed by atoms with Crippen molar-refractivity contribution in [3.8, 4) is 0 Å². The molecule has 0 saturated carbocycles. The van der Waals surface area contributed by atoms with Gasteiger partial charge in [0.15, 0.2) is 0 Å². The predicted molar refractivity (Wildman–Crippen MR) is 71.6 cm³/mol. The van der Waals surface area contributed by atoms with Crippen LogP contribution in [0.2, 0.25) is 0 Å². The summed E-state index contributed by atoms with van der Waals surface area (Å²) in [6.45, 7) is 4.18. The Morgan fingerprint density at radius 2 is 2.26 bits per heavy atom. The average Bonchev–Trinajstić information content (AvgIpc) is 2.85. The largest absolute Gasteiger partial charge is 0.337 e. The monoisotopic (exact) mass is 262 g/mol. The van der Waals surface area contributed by atoms with Crippen molar-refractivity contribution in [2.45, 2.75) is 25.8 Å². The first-order chi connectivity index (χ1) is 9.16. The van der Waals surface area contributed by atoms with E-state index in [2.05, 4.69) is 5.32 Å². The van der Waals surface area contributed by atoms with Crippen molar-refractivity contribution < 1.29 is 9.18 Å². The molecule has 2 fully saturated rings. The van der Waals surface area contributed by atoms with E-state index in [-0.39, 0.29) is 17.3 Å². The van der Waals surface area contributed by atoms with Crippen molar-refractivity contribution in [2.24, 2.45) is 5.92 Å². The Kier molecular flexibility index (Phi) is 3.27. The van der Waals surface area contributed by atoms with Gasteiger partial charge in [0, 0.05) is 19.1 Å². The third kappa shape index (κ3) is 2.25. The molecule has 0 unspecified atom stereocenters. The highest BCUT2D eigenvalue weighted by Crippen LogP contribution is 2.26. The van der Waals surface area contributed by atoms with Gasteiger partial charge in [-0.05, 0) is 43.9 Å². The number of hydrogen-bond acceptors (Lipinski definition) is 2. The zero-order valence-electron chi connectivity index (χ0n) is 11.2. The standard InChI is InChI=1S/C15H19FN2O/c1-10-4-2-6-12(14(10)16)15(19)18-8-11-5-3-7-17-13(11)9-18/h2,4,6,11,13,17H,3,5,7-9H2,1H3/t11-,13+/m0/s1. The molecule has 1 N–H and O–H groups in total. The molecule has 2 heterocycles. The summed E-state index contributed by atoms with van der Waals surface area (Å²) in [7, 11) is 0.